The summed E-state index contributed by atoms with van der Waals surface area (Å²) < 4.78 is 11.6. The third kappa shape index (κ3) is 4.26. The van der Waals surface area contributed by atoms with Gasteiger partial charge in [0.1, 0.15) is 23.0 Å². The van der Waals surface area contributed by atoms with E-state index in [1.54, 1.807) is 26.4 Å². The number of methoxy groups -OCH3 is 2. The lowest BCUT2D eigenvalue weighted by atomic mass is 9.86. The Kier molecular flexibility index (Phi) is 6.67. The summed E-state index contributed by atoms with van der Waals surface area (Å²) in [5, 5.41) is 27.5. The smallest absolute Gasteiger partial charge is 0.127 e. The van der Waals surface area contributed by atoms with Crippen LogP contribution in [0.3, 0.4) is 0 Å². The fraction of sp³-hybridized carbons (Fsp3) is 0.0588. The molecular weight excluding hydrogens is 543 g/mol. The molecule has 0 aliphatic rings. The van der Waals surface area contributed by atoms with Gasteiger partial charge in [-0.05, 0) is 81.6 Å². The van der Waals surface area contributed by atoms with E-state index < -0.39 is 0 Å². The first-order chi connectivity index (χ1) is 19.4. The molecule has 0 unspecified atom stereocenters. The number of fused-ring (bicyclic) bond motifs is 2. The van der Waals surface area contributed by atoms with Crippen LogP contribution in [-0.2, 0) is 0 Å². The minimum absolute atomic E-state index is 0.0179. The molecule has 0 aliphatic carbocycles. The average molecular weight is 567 g/mol. The van der Waals surface area contributed by atoms with Gasteiger partial charge < -0.3 is 19.7 Å². The van der Waals surface area contributed by atoms with Gasteiger partial charge in [0.05, 0.1) is 14.2 Å². The molecule has 0 aliphatic heterocycles. The van der Waals surface area contributed by atoms with Crippen molar-refractivity contribution < 1.29 is 19.7 Å². The fourth-order valence-corrected chi connectivity index (χ4v) is 5.70. The molecule has 198 valence electrons. The summed E-state index contributed by atoms with van der Waals surface area (Å²) in [6.07, 6.45) is 0. The first-order valence-electron chi connectivity index (χ1n) is 12.6. The molecule has 0 heterocycles. The lowest BCUT2D eigenvalue weighted by molar-refractivity contribution is 0.419. The van der Waals surface area contributed by atoms with E-state index in [0.29, 0.717) is 32.7 Å². The molecule has 0 atom stereocenters. The van der Waals surface area contributed by atoms with E-state index in [2.05, 4.69) is 0 Å². The zero-order chi connectivity index (χ0) is 28.0. The molecule has 6 rings (SSSR count). The third-order valence-corrected chi connectivity index (χ3v) is 7.71. The van der Waals surface area contributed by atoms with Crippen molar-refractivity contribution in [2.45, 2.75) is 0 Å². The Hall–Kier alpha value is -4.38. The molecule has 6 aromatic rings. The number of halogens is 2. The Morgan fingerprint density at radius 1 is 0.525 bits per heavy atom. The summed E-state index contributed by atoms with van der Waals surface area (Å²) in [6, 6.07) is 29.6. The quantitative estimate of drug-likeness (QED) is 0.218. The van der Waals surface area contributed by atoms with E-state index in [1.165, 1.54) is 0 Å². The fourth-order valence-electron chi connectivity index (χ4n) is 5.45. The van der Waals surface area contributed by atoms with Gasteiger partial charge in [0.25, 0.3) is 0 Å². The second kappa shape index (κ2) is 10.3. The second-order valence-electron chi connectivity index (χ2n) is 9.42. The number of hydrogen-bond donors (Lipinski definition) is 2. The summed E-state index contributed by atoms with van der Waals surface area (Å²) >= 11 is 12.3. The number of phenols is 2. The van der Waals surface area contributed by atoms with E-state index in [-0.39, 0.29) is 11.5 Å². The number of rotatable bonds is 5. The van der Waals surface area contributed by atoms with Crippen LogP contribution in [0.5, 0.6) is 23.0 Å². The highest BCUT2D eigenvalue weighted by molar-refractivity contribution is 6.31. The highest BCUT2D eigenvalue weighted by Crippen LogP contribution is 2.52. The van der Waals surface area contributed by atoms with Gasteiger partial charge in [0.15, 0.2) is 0 Å². The van der Waals surface area contributed by atoms with Crippen LogP contribution >= 0.6 is 23.2 Å². The maximum absolute atomic E-state index is 11.6. The van der Waals surface area contributed by atoms with Crippen molar-refractivity contribution in [2.24, 2.45) is 0 Å². The SMILES string of the molecule is COc1cccc2c(-c3c(O)cc(-c4ccc(Cl)cc4)c4c(OC)cccc34)c(O)cc(-c3ccc(Cl)cc3)c12. The van der Waals surface area contributed by atoms with E-state index in [1.807, 2.05) is 84.9 Å². The largest absolute Gasteiger partial charge is 0.507 e. The topological polar surface area (TPSA) is 58.9 Å². The van der Waals surface area contributed by atoms with E-state index in [9.17, 15) is 10.2 Å². The van der Waals surface area contributed by atoms with Crippen LogP contribution in [0.25, 0.3) is 54.9 Å². The van der Waals surface area contributed by atoms with E-state index in [0.717, 1.165) is 43.8 Å². The molecule has 0 aromatic heterocycles. The van der Waals surface area contributed by atoms with Gasteiger partial charge in [-0.2, -0.15) is 0 Å². The number of aromatic hydroxyl groups is 2. The lowest BCUT2D eigenvalue weighted by Crippen LogP contribution is -1.95. The molecule has 40 heavy (non-hydrogen) atoms. The van der Waals surface area contributed by atoms with Crippen LogP contribution in [0.1, 0.15) is 0 Å². The molecule has 0 fully saturated rings. The maximum Gasteiger partial charge on any atom is 0.127 e. The summed E-state index contributed by atoms with van der Waals surface area (Å²) in [5.74, 6) is 1.32. The van der Waals surface area contributed by atoms with Gasteiger partial charge in [-0.25, -0.2) is 0 Å². The van der Waals surface area contributed by atoms with Crippen molar-refractivity contribution in [3.05, 3.63) is 107 Å². The first-order valence-corrected chi connectivity index (χ1v) is 13.3. The Morgan fingerprint density at radius 2 is 0.900 bits per heavy atom. The summed E-state index contributed by atoms with van der Waals surface area (Å²) in [4.78, 5) is 0. The van der Waals surface area contributed by atoms with Crippen molar-refractivity contribution in [3.63, 3.8) is 0 Å². The van der Waals surface area contributed by atoms with Crippen LogP contribution in [-0.4, -0.2) is 24.4 Å². The number of phenolic OH excluding ortho intramolecular Hbond substituents is 2. The molecule has 4 nitrogen and oxygen atoms in total. The van der Waals surface area contributed by atoms with E-state index >= 15 is 0 Å². The van der Waals surface area contributed by atoms with Crippen molar-refractivity contribution in [1.82, 2.24) is 0 Å². The Balaban J connectivity index is 1.73. The van der Waals surface area contributed by atoms with Crippen LogP contribution in [0.15, 0.2) is 97.1 Å². The van der Waals surface area contributed by atoms with Crippen molar-refractivity contribution in [3.8, 4) is 56.4 Å². The molecule has 0 saturated heterocycles. The van der Waals surface area contributed by atoms with Gasteiger partial charge in [-0.1, -0.05) is 71.7 Å². The van der Waals surface area contributed by atoms with Crippen LogP contribution in [0, 0.1) is 0 Å². The number of benzene rings is 6. The number of hydrogen-bond acceptors (Lipinski definition) is 4. The van der Waals surface area contributed by atoms with Crippen LogP contribution in [0.2, 0.25) is 10.0 Å². The predicted molar refractivity (Wildman–Crippen MR) is 164 cm³/mol. The Labute approximate surface area is 241 Å². The van der Waals surface area contributed by atoms with Crippen LogP contribution < -0.4 is 9.47 Å². The Morgan fingerprint density at radius 3 is 1.25 bits per heavy atom. The maximum atomic E-state index is 11.6. The molecule has 0 spiro atoms. The van der Waals surface area contributed by atoms with Gasteiger partial charge in [-0.3, -0.25) is 0 Å². The molecule has 6 heteroatoms. The van der Waals surface area contributed by atoms with Gasteiger partial charge in [0, 0.05) is 31.9 Å². The molecule has 6 aromatic carbocycles. The van der Waals surface area contributed by atoms with Crippen molar-refractivity contribution >= 4 is 44.7 Å². The lowest BCUT2D eigenvalue weighted by Gasteiger charge is -2.20. The highest BCUT2D eigenvalue weighted by atomic mass is 35.5. The number of ether oxygens (including phenoxy) is 2. The third-order valence-electron chi connectivity index (χ3n) is 7.20. The van der Waals surface area contributed by atoms with Gasteiger partial charge in [0.2, 0.25) is 0 Å². The minimum atomic E-state index is 0.0179. The van der Waals surface area contributed by atoms with Gasteiger partial charge in [-0.15, -0.1) is 0 Å². The predicted octanol–water partition coefficient (Wildman–Crippen LogP) is 9.73. The molecular formula is C34H24Cl2O4. The zero-order valence-electron chi connectivity index (χ0n) is 21.7. The summed E-state index contributed by atoms with van der Waals surface area (Å²) in [5.41, 5.74) is 4.29. The van der Waals surface area contributed by atoms with Crippen molar-refractivity contribution in [2.75, 3.05) is 14.2 Å². The Bertz CT molecular complexity index is 1760. The van der Waals surface area contributed by atoms with E-state index in [4.69, 9.17) is 32.7 Å². The normalized spacial score (nSPS) is 11.2. The summed E-state index contributed by atoms with van der Waals surface area (Å²) in [6.45, 7) is 0. The monoisotopic (exact) mass is 566 g/mol. The molecule has 0 radical (unpaired) electrons. The molecule has 0 amide bonds. The highest BCUT2D eigenvalue weighted by Gasteiger charge is 2.24. The molecule has 0 bridgehead atoms. The van der Waals surface area contributed by atoms with Crippen molar-refractivity contribution in [1.29, 1.82) is 0 Å². The van der Waals surface area contributed by atoms with Gasteiger partial charge >= 0.3 is 0 Å². The molecule has 0 saturated carbocycles. The zero-order valence-corrected chi connectivity index (χ0v) is 23.2. The molecule has 2 N–H and O–H groups in total. The summed E-state index contributed by atoms with van der Waals surface area (Å²) in [7, 11) is 3.23. The first kappa shape index (κ1) is 25.9. The van der Waals surface area contributed by atoms with Crippen LogP contribution in [0.4, 0.5) is 0 Å². The standard InChI is InChI=1S/C34H24Cl2O4/c1-39-29-7-3-5-23-31(29)25(19-9-13-21(35)14-10-19)17-27(37)33(23)34-24-6-4-8-30(40-2)32(24)26(18-28(34)38)20-11-15-22(36)16-12-20/h3-18,37-38H,1-2H3. The second-order valence-corrected chi connectivity index (χ2v) is 10.3. The average Bonchev–Trinajstić information content (AvgIpc) is 2.97. The minimum Gasteiger partial charge on any atom is -0.507 e.